The van der Waals surface area contributed by atoms with Crippen molar-refractivity contribution >= 4 is 5.95 Å². The Bertz CT molecular complexity index is 332. The first-order valence-electron chi connectivity index (χ1n) is 6.16. The quantitative estimate of drug-likeness (QED) is 0.835. The maximum absolute atomic E-state index is 4.44. The van der Waals surface area contributed by atoms with E-state index in [2.05, 4.69) is 40.7 Å². The molecule has 1 saturated heterocycles. The lowest BCUT2D eigenvalue weighted by Crippen LogP contribution is -2.41. The molecule has 90 valence electrons. The third kappa shape index (κ3) is 2.38. The molecule has 4 nitrogen and oxygen atoms in total. The highest BCUT2D eigenvalue weighted by atomic mass is 15.3. The Kier molecular flexibility index (Phi) is 3.49. The molecule has 1 aliphatic heterocycles. The molecule has 1 fully saturated rings. The number of rotatable bonds is 4. The lowest BCUT2D eigenvalue weighted by Gasteiger charge is -2.26. The molecule has 0 radical (unpaired) electrons. The normalized spacial score (nSPS) is 21.0. The maximum atomic E-state index is 4.44. The molecule has 1 unspecified atom stereocenters. The van der Waals surface area contributed by atoms with E-state index in [0.29, 0.717) is 12.1 Å². The number of hydrogen-bond acceptors (Lipinski definition) is 3. The van der Waals surface area contributed by atoms with Crippen LogP contribution < -0.4 is 10.2 Å². The minimum absolute atomic E-state index is 0.559. The van der Waals surface area contributed by atoms with Crippen molar-refractivity contribution in [3.05, 3.63) is 12.4 Å². The van der Waals surface area contributed by atoms with Crippen LogP contribution in [0.15, 0.2) is 12.4 Å². The SMILES string of the molecule is CC(C)NCC1CCCN1c1nccn1C. The van der Waals surface area contributed by atoms with Crippen LogP contribution in [0.25, 0.3) is 0 Å². The summed E-state index contributed by atoms with van der Waals surface area (Å²) >= 11 is 0. The van der Waals surface area contributed by atoms with Gasteiger partial charge in [-0.1, -0.05) is 13.8 Å². The predicted octanol–water partition coefficient (Wildman–Crippen LogP) is 1.39. The van der Waals surface area contributed by atoms with Gasteiger partial charge in [0.25, 0.3) is 0 Å². The van der Waals surface area contributed by atoms with Gasteiger partial charge in [0.2, 0.25) is 5.95 Å². The smallest absolute Gasteiger partial charge is 0.205 e. The Morgan fingerprint density at radius 2 is 2.38 bits per heavy atom. The van der Waals surface area contributed by atoms with Crippen molar-refractivity contribution in [1.29, 1.82) is 0 Å². The van der Waals surface area contributed by atoms with Gasteiger partial charge in [-0.2, -0.15) is 0 Å². The van der Waals surface area contributed by atoms with Crippen molar-refractivity contribution in [1.82, 2.24) is 14.9 Å². The third-order valence-electron chi connectivity index (χ3n) is 3.19. The molecule has 0 spiro atoms. The first-order valence-corrected chi connectivity index (χ1v) is 6.16. The number of aryl methyl sites for hydroxylation is 1. The highest BCUT2D eigenvalue weighted by molar-refractivity contribution is 5.34. The van der Waals surface area contributed by atoms with E-state index in [4.69, 9.17) is 0 Å². The second kappa shape index (κ2) is 4.87. The Labute approximate surface area is 97.7 Å². The monoisotopic (exact) mass is 222 g/mol. The van der Waals surface area contributed by atoms with Crippen LogP contribution >= 0.6 is 0 Å². The molecular weight excluding hydrogens is 200 g/mol. The molecule has 1 aliphatic rings. The first-order chi connectivity index (χ1) is 7.68. The zero-order chi connectivity index (χ0) is 11.5. The Morgan fingerprint density at radius 1 is 1.56 bits per heavy atom. The maximum Gasteiger partial charge on any atom is 0.205 e. The van der Waals surface area contributed by atoms with Gasteiger partial charge in [-0.25, -0.2) is 4.98 Å². The van der Waals surface area contributed by atoms with Crippen molar-refractivity contribution in [3.8, 4) is 0 Å². The first kappa shape index (κ1) is 11.5. The molecule has 2 heterocycles. The number of anilines is 1. The van der Waals surface area contributed by atoms with Gasteiger partial charge >= 0.3 is 0 Å². The molecule has 0 saturated carbocycles. The van der Waals surface area contributed by atoms with Crippen molar-refractivity contribution in [2.75, 3.05) is 18.0 Å². The summed E-state index contributed by atoms with van der Waals surface area (Å²) in [5.41, 5.74) is 0. The van der Waals surface area contributed by atoms with Crippen molar-refractivity contribution < 1.29 is 0 Å². The number of imidazole rings is 1. The fourth-order valence-electron chi connectivity index (χ4n) is 2.32. The largest absolute Gasteiger partial charge is 0.338 e. The van der Waals surface area contributed by atoms with Crippen LogP contribution in [0.5, 0.6) is 0 Å². The molecule has 0 bridgehead atoms. The van der Waals surface area contributed by atoms with Gasteiger partial charge in [-0.15, -0.1) is 0 Å². The van der Waals surface area contributed by atoms with Gasteiger partial charge in [0.05, 0.1) is 0 Å². The molecule has 1 atom stereocenters. The summed E-state index contributed by atoms with van der Waals surface area (Å²) in [4.78, 5) is 6.86. The summed E-state index contributed by atoms with van der Waals surface area (Å²) in [6.45, 7) is 6.58. The van der Waals surface area contributed by atoms with Crippen LogP contribution in [0.3, 0.4) is 0 Å². The molecular formula is C12H22N4. The standard InChI is InChI=1S/C12H22N4/c1-10(2)14-9-11-5-4-7-16(11)12-13-6-8-15(12)3/h6,8,10-11,14H,4-5,7,9H2,1-3H3. The highest BCUT2D eigenvalue weighted by Crippen LogP contribution is 2.22. The van der Waals surface area contributed by atoms with Crippen LogP contribution in [0.4, 0.5) is 5.95 Å². The molecule has 2 rings (SSSR count). The average molecular weight is 222 g/mol. The fraction of sp³-hybridized carbons (Fsp3) is 0.750. The van der Waals surface area contributed by atoms with E-state index in [9.17, 15) is 0 Å². The van der Waals surface area contributed by atoms with Gasteiger partial charge in [-0.05, 0) is 12.8 Å². The van der Waals surface area contributed by atoms with E-state index in [0.717, 1.165) is 19.0 Å². The number of nitrogens with one attached hydrogen (secondary N) is 1. The van der Waals surface area contributed by atoms with E-state index in [1.165, 1.54) is 12.8 Å². The van der Waals surface area contributed by atoms with E-state index < -0.39 is 0 Å². The molecule has 0 amide bonds. The predicted molar refractivity (Wildman–Crippen MR) is 66.7 cm³/mol. The van der Waals surface area contributed by atoms with Crippen LogP contribution in [-0.2, 0) is 7.05 Å². The summed E-state index contributed by atoms with van der Waals surface area (Å²) < 4.78 is 2.10. The minimum atomic E-state index is 0.559. The van der Waals surface area contributed by atoms with Gasteiger partial charge < -0.3 is 14.8 Å². The molecule has 0 aromatic carbocycles. The van der Waals surface area contributed by atoms with Gasteiger partial charge in [0, 0.05) is 44.6 Å². The summed E-state index contributed by atoms with van der Waals surface area (Å²) in [6.07, 6.45) is 6.44. The number of aromatic nitrogens is 2. The Morgan fingerprint density at radius 3 is 3.00 bits per heavy atom. The summed E-state index contributed by atoms with van der Waals surface area (Å²) in [5, 5.41) is 3.52. The van der Waals surface area contributed by atoms with Gasteiger partial charge in [-0.3, -0.25) is 0 Å². The zero-order valence-corrected chi connectivity index (χ0v) is 10.5. The lowest BCUT2D eigenvalue weighted by molar-refractivity contribution is 0.518. The molecule has 4 heteroatoms. The van der Waals surface area contributed by atoms with Crippen LogP contribution in [0.2, 0.25) is 0 Å². The Balaban J connectivity index is 2.01. The molecule has 1 N–H and O–H groups in total. The molecule has 1 aromatic rings. The van der Waals surface area contributed by atoms with E-state index in [1.54, 1.807) is 0 Å². The van der Waals surface area contributed by atoms with Crippen molar-refractivity contribution in [3.63, 3.8) is 0 Å². The van der Waals surface area contributed by atoms with Crippen LogP contribution in [0, 0.1) is 0 Å². The van der Waals surface area contributed by atoms with E-state index >= 15 is 0 Å². The van der Waals surface area contributed by atoms with E-state index in [-0.39, 0.29) is 0 Å². The fourth-order valence-corrected chi connectivity index (χ4v) is 2.32. The molecule has 0 aliphatic carbocycles. The molecule has 1 aromatic heterocycles. The van der Waals surface area contributed by atoms with Gasteiger partial charge in [0.1, 0.15) is 0 Å². The zero-order valence-electron chi connectivity index (χ0n) is 10.5. The summed E-state index contributed by atoms with van der Waals surface area (Å²) in [5.74, 6) is 1.10. The average Bonchev–Trinajstić information content (AvgIpc) is 2.82. The van der Waals surface area contributed by atoms with Crippen molar-refractivity contribution in [2.45, 2.75) is 38.8 Å². The third-order valence-corrected chi connectivity index (χ3v) is 3.19. The minimum Gasteiger partial charge on any atom is -0.338 e. The topological polar surface area (TPSA) is 33.1 Å². The summed E-state index contributed by atoms with van der Waals surface area (Å²) in [7, 11) is 2.06. The van der Waals surface area contributed by atoms with E-state index in [1.807, 2.05) is 12.4 Å². The van der Waals surface area contributed by atoms with Crippen LogP contribution in [0.1, 0.15) is 26.7 Å². The molecule has 16 heavy (non-hydrogen) atoms. The van der Waals surface area contributed by atoms with Gasteiger partial charge in [0.15, 0.2) is 0 Å². The number of hydrogen-bond donors (Lipinski definition) is 1. The van der Waals surface area contributed by atoms with Crippen molar-refractivity contribution in [2.24, 2.45) is 7.05 Å². The second-order valence-electron chi connectivity index (χ2n) is 4.89. The van der Waals surface area contributed by atoms with Crippen LogP contribution in [-0.4, -0.2) is 34.7 Å². The summed E-state index contributed by atoms with van der Waals surface area (Å²) in [6, 6.07) is 1.16. The lowest BCUT2D eigenvalue weighted by atomic mass is 10.2. The second-order valence-corrected chi connectivity index (χ2v) is 4.89. The Hall–Kier alpha value is -1.03. The number of nitrogens with zero attached hydrogens (tertiary/aromatic N) is 3. The highest BCUT2D eigenvalue weighted by Gasteiger charge is 2.26.